The summed E-state index contributed by atoms with van der Waals surface area (Å²) in [5.41, 5.74) is 2.23. The van der Waals surface area contributed by atoms with Crippen LogP contribution in [0.4, 0.5) is 11.4 Å². The zero-order chi connectivity index (χ0) is 21.1. The van der Waals surface area contributed by atoms with E-state index >= 15 is 0 Å². The number of amides is 2. The second-order valence-corrected chi connectivity index (χ2v) is 8.29. The minimum atomic E-state index is -0.300. The van der Waals surface area contributed by atoms with Gasteiger partial charge in [-0.15, -0.1) is 0 Å². The maximum atomic E-state index is 12.7. The van der Waals surface area contributed by atoms with E-state index in [0.29, 0.717) is 21.8 Å². The first-order valence-corrected chi connectivity index (χ1v) is 10.6. The summed E-state index contributed by atoms with van der Waals surface area (Å²) in [6.07, 6.45) is 0. The van der Waals surface area contributed by atoms with Crippen LogP contribution in [0.15, 0.2) is 84.9 Å². The van der Waals surface area contributed by atoms with Crippen LogP contribution in [-0.4, -0.2) is 11.8 Å². The molecule has 0 aliphatic heterocycles. The SMILES string of the molecule is O=C(Nc1cccc2ccccc12)c1ccc(NC(=O)c2cc(I)ccc2Cl)cc1. The van der Waals surface area contributed by atoms with E-state index in [1.165, 1.54) is 0 Å². The van der Waals surface area contributed by atoms with Crippen molar-refractivity contribution in [1.82, 2.24) is 0 Å². The van der Waals surface area contributed by atoms with Gasteiger partial charge in [-0.05, 0) is 76.5 Å². The molecule has 0 bridgehead atoms. The fourth-order valence-corrected chi connectivity index (χ4v) is 3.80. The van der Waals surface area contributed by atoms with Crippen LogP contribution in [0.1, 0.15) is 20.7 Å². The maximum absolute atomic E-state index is 12.7. The first kappa shape index (κ1) is 20.4. The van der Waals surface area contributed by atoms with Gasteiger partial charge in [0.1, 0.15) is 0 Å². The molecule has 4 aromatic carbocycles. The molecule has 0 saturated carbocycles. The summed E-state index contributed by atoms with van der Waals surface area (Å²) in [6.45, 7) is 0. The second-order valence-electron chi connectivity index (χ2n) is 6.64. The molecule has 0 aromatic heterocycles. The molecule has 0 saturated heterocycles. The molecular formula is C24H16ClIN2O2. The molecule has 30 heavy (non-hydrogen) atoms. The molecule has 4 aromatic rings. The van der Waals surface area contributed by atoms with Crippen LogP contribution in [0.5, 0.6) is 0 Å². The van der Waals surface area contributed by atoms with Gasteiger partial charge in [0.05, 0.1) is 10.6 Å². The molecule has 6 heteroatoms. The number of anilines is 2. The van der Waals surface area contributed by atoms with Gasteiger partial charge < -0.3 is 10.6 Å². The minimum absolute atomic E-state index is 0.218. The number of hydrogen-bond acceptors (Lipinski definition) is 2. The summed E-state index contributed by atoms with van der Waals surface area (Å²) < 4.78 is 0.919. The van der Waals surface area contributed by atoms with E-state index in [1.54, 1.807) is 36.4 Å². The van der Waals surface area contributed by atoms with Crippen LogP contribution >= 0.6 is 34.2 Å². The van der Waals surface area contributed by atoms with Gasteiger partial charge in [0.15, 0.2) is 0 Å². The smallest absolute Gasteiger partial charge is 0.257 e. The highest BCUT2D eigenvalue weighted by Gasteiger charge is 2.12. The van der Waals surface area contributed by atoms with E-state index in [4.69, 9.17) is 11.6 Å². The number of halogens is 2. The number of carbonyl (C=O) groups excluding carboxylic acids is 2. The number of carbonyl (C=O) groups is 2. The third-order valence-electron chi connectivity index (χ3n) is 4.62. The van der Waals surface area contributed by atoms with Crippen molar-refractivity contribution in [3.8, 4) is 0 Å². The van der Waals surface area contributed by atoms with Crippen LogP contribution < -0.4 is 10.6 Å². The quantitative estimate of drug-likeness (QED) is 0.294. The Bertz CT molecular complexity index is 1250. The monoisotopic (exact) mass is 526 g/mol. The van der Waals surface area contributed by atoms with Gasteiger partial charge in [-0.1, -0.05) is 48.0 Å². The fourth-order valence-electron chi connectivity index (χ4n) is 3.10. The van der Waals surface area contributed by atoms with E-state index in [9.17, 15) is 9.59 Å². The number of nitrogens with one attached hydrogen (secondary N) is 2. The standard InChI is InChI=1S/C24H16ClIN2O2/c25-21-13-10-17(26)14-20(21)24(30)27-18-11-8-16(9-12-18)23(29)28-22-7-3-5-15-4-1-2-6-19(15)22/h1-14H,(H,27,30)(H,28,29). The molecule has 0 aliphatic carbocycles. The Morgan fingerprint density at radius 2 is 1.50 bits per heavy atom. The summed E-state index contributed by atoms with van der Waals surface area (Å²) in [5.74, 6) is -0.517. The van der Waals surface area contributed by atoms with Crippen LogP contribution in [0.3, 0.4) is 0 Å². The van der Waals surface area contributed by atoms with E-state index in [1.807, 2.05) is 48.5 Å². The minimum Gasteiger partial charge on any atom is -0.322 e. The Hall–Kier alpha value is -2.90. The van der Waals surface area contributed by atoms with Crippen molar-refractivity contribution in [2.24, 2.45) is 0 Å². The fraction of sp³-hybridized carbons (Fsp3) is 0. The summed E-state index contributed by atoms with van der Waals surface area (Å²) >= 11 is 8.25. The van der Waals surface area contributed by atoms with Crippen molar-refractivity contribution in [3.05, 3.63) is 105 Å². The molecule has 0 spiro atoms. The normalized spacial score (nSPS) is 10.6. The molecule has 0 radical (unpaired) electrons. The lowest BCUT2D eigenvalue weighted by atomic mass is 10.1. The summed E-state index contributed by atoms with van der Waals surface area (Å²) in [4.78, 5) is 25.2. The van der Waals surface area contributed by atoms with E-state index in [2.05, 4.69) is 33.2 Å². The highest BCUT2D eigenvalue weighted by Crippen LogP contribution is 2.24. The van der Waals surface area contributed by atoms with Gasteiger partial charge in [-0.2, -0.15) is 0 Å². The molecule has 0 heterocycles. The Balaban J connectivity index is 1.48. The first-order valence-electron chi connectivity index (χ1n) is 9.17. The molecule has 0 aliphatic rings. The lowest BCUT2D eigenvalue weighted by molar-refractivity contribution is 0.102. The zero-order valence-electron chi connectivity index (χ0n) is 15.7. The Labute approximate surface area is 192 Å². The molecule has 2 amide bonds. The first-order chi connectivity index (χ1) is 14.5. The van der Waals surface area contributed by atoms with Gasteiger partial charge in [0, 0.05) is 25.9 Å². The van der Waals surface area contributed by atoms with Crippen LogP contribution in [-0.2, 0) is 0 Å². The van der Waals surface area contributed by atoms with Gasteiger partial charge in [0.25, 0.3) is 11.8 Å². The third-order valence-corrected chi connectivity index (χ3v) is 5.62. The molecule has 0 atom stereocenters. The van der Waals surface area contributed by atoms with Gasteiger partial charge in [-0.25, -0.2) is 0 Å². The van der Waals surface area contributed by atoms with Gasteiger partial charge in [0.2, 0.25) is 0 Å². The predicted octanol–water partition coefficient (Wildman–Crippen LogP) is 6.60. The zero-order valence-corrected chi connectivity index (χ0v) is 18.6. The van der Waals surface area contributed by atoms with E-state index in [-0.39, 0.29) is 11.8 Å². The topological polar surface area (TPSA) is 58.2 Å². The molecule has 4 nitrogen and oxygen atoms in total. The third kappa shape index (κ3) is 4.47. The van der Waals surface area contributed by atoms with Crippen molar-refractivity contribution in [2.45, 2.75) is 0 Å². The number of rotatable bonds is 4. The molecule has 148 valence electrons. The Morgan fingerprint density at radius 3 is 2.30 bits per heavy atom. The van der Waals surface area contributed by atoms with Crippen LogP contribution in [0.2, 0.25) is 5.02 Å². The predicted molar refractivity (Wildman–Crippen MR) is 130 cm³/mol. The molecule has 4 rings (SSSR count). The average molecular weight is 527 g/mol. The molecule has 0 unspecified atom stereocenters. The van der Waals surface area contributed by atoms with E-state index < -0.39 is 0 Å². The number of benzene rings is 4. The van der Waals surface area contributed by atoms with Crippen LogP contribution in [0, 0.1) is 3.57 Å². The average Bonchev–Trinajstić information content (AvgIpc) is 2.76. The van der Waals surface area contributed by atoms with Crippen molar-refractivity contribution < 1.29 is 9.59 Å². The highest BCUT2D eigenvalue weighted by molar-refractivity contribution is 14.1. The molecular weight excluding hydrogens is 511 g/mol. The Kier molecular flexibility index (Phi) is 6.01. The summed E-state index contributed by atoms with van der Waals surface area (Å²) in [7, 11) is 0. The van der Waals surface area contributed by atoms with Crippen LogP contribution in [0.25, 0.3) is 10.8 Å². The van der Waals surface area contributed by atoms with Gasteiger partial charge in [-0.3, -0.25) is 9.59 Å². The molecule has 2 N–H and O–H groups in total. The second kappa shape index (κ2) is 8.85. The Morgan fingerprint density at radius 1 is 0.767 bits per heavy atom. The summed E-state index contributed by atoms with van der Waals surface area (Å²) in [5, 5.41) is 8.19. The van der Waals surface area contributed by atoms with Crippen molar-refractivity contribution in [2.75, 3.05) is 10.6 Å². The highest BCUT2D eigenvalue weighted by atomic mass is 127. The van der Waals surface area contributed by atoms with Gasteiger partial charge >= 0.3 is 0 Å². The van der Waals surface area contributed by atoms with Crippen molar-refractivity contribution in [3.63, 3.8) is 0 Å². The van der Waals surface area contributed by atoms with E-state index in [0.717, 1.165) is 20.0 Å². The summed E-state index contributed by atoms with van der Waals surface area (Å²) in [6, 6.07) is 25.6. The molecule has 0 fully saturated rings. The lowest BCUT2D eigenvalue weighted by Gasteiger charge is -2.10. The van der Waals surface area contributed by atoms with Crippen molar-refractivity contribution >= 4 is 68.2 Å². The lowest BCUT2D eigenvalue weighted by Crippen LogP contribution is -2.14. The van der Waals surface area contributed by atoms with Crippen molar-refractivity contribution in [1.29, 1.82) is 0 Å². The number of fused-ring (bicyclic) bond motifs is 1. The number of hydrogen-bond donors (Lipinski definition) is 2. The maximum Gasteiger partial charge on any atom is 0.257 e. The largest absolute Gasteiger partial charge is 0.322 e.